The molecule has 0 bridgehead atoms. The van der Waals surface area contributed by atoms with Crippen LogP contribution in [-0.4, -0.2) is 41.5 Å². The van der Waals surface area contributed by atoms with Gasteiger partial charge < -0.3 is 5.32 Å². The summed E-state index contributed by atoms with van der Waals surface area (Å²) in [5, 5.41) is 7.93. The van der Waals surface area contributed by atoms with Gasteiger partial charge in [-0.05, 0) is 54.2 Å². The van der Waals surface area contributed by atoms with Crippen LogP contribution in [-0.2, 0) is 11.2 Å². The lowest BCUT2D eigenvalue weighted by Crippen LogP contribution is -2.54. The van der Waals surface area contributed by atoms with Crippen LogP contribution in [0.2, 0.25) is 10.0 Å². The third-order valence-electron chi connectivity index (χ3n) is 6.82. The number of carbonyl (C=O) groups excluding carboxylic acids is 2. The van der Waals surface area contributed by atoms with E-state index in [-0.39, 0.29) is 11.8 Å². The van der Waals surface area contributed by atoms with Gasteiger partial charge in [0.1, 0.15) is 0 Å². The van der Waals surface area contributed by atoms with E-state index in [0.717, 1.165) is 43.5 Å². The molecule has 2 aliphatic rings. The fourth-order valence-electron chi connectivity index (χ4n) is 5.17. The van der Waals surface area contributed by atoms with E-state index in [4.69, 9.17) is 23.2 Å². The van der Waals surface area contributed by atoms with Gasteiger partial charge in [-0.15, -0.1) is 0 Å². The lowest BCUT2D eigenvalue weighted by molar-refractivity contribution is -0.126. The molecule has 3 aromatic carbocycles. The van der Waals surface area contributed by atoms with Crippen molar-refractivity contribution in [2.45, 2.75) is 31.2 Å². The van der Waals surface area contributed by atoms with Crippen LogP contribution in [0.15, 0.2) is 72.8 Å². The van der Waals surface area contributed by atoms with E-state index < -0.39 is 12.0 Å². The zero-order valence-corrected chi connectivity index (χ0v) is 20.8. The first-order valence-electron chi connectivity index (χ1n) is 12.0. The Morgan fingerprint density at radius 1 is 0.914 bits per heavy atom. The number of carbonyl (C=O) groups is 2. The van der Waals surface area contributed by atoms with Gasteiger partial charge in [0, 0.05) is 35.2 Å². The lowest BCUT2D eigenvalue weighted by Gasteiger charge is -2.45. The molecule has 1 fully saturated rings. The second kappa shape index (κ2) is 10.4. The smallest absolute Gasteiger partial charge is 0.269 e. The first-order chi connectivity index (χ1) is 17.0. The Morgan fingerprint density at radius 3 is 2.37 bits per heavy atom. The van der Waals surface area contributed by atoms with Crippen LogP contribution in [0.5, 0.6) is 0 Å². The fraction of sp³-hybridized carbons (Fsp3) is 0.286. The molecule has 1 saturated heterocycles. The molecule has 1 N–H and O–H groups in total. The highest BCUT2D eigenvalue weighted by molar-refractivity contribution is 6.35. The van der Waals surface area contributed by atoms with Gasteiger partial charge in [0.2, 0.25) is 5.91 Å². The molecule has 0 radical (unpaired) electrons. The second-order valence-corrected chi connectivity index (χ2v) is 9.86. The summed E-state index contributed by atoms with van der Waals surface area (Å²) >= 11 is 12.9. The van der Waals surface area contributed by atoms with Gasteiger partial charge in [-0.1, -0.05) is 77.8 Å². The van der Waals surface area contributed by atoms with Crippen LogP contribution >= 0.6 is 23.2 Å². The second-order valence-electron chi connectivity index (χ2n) is 9.01. The molecule has 0 spiro atoms. The topological polar surface area (TPSA) is 52.7 Å². The van der Waals surface area contributed by atoms with E-state index in [2.05, 4.69) is 10.3 Å². The maximum Gasteiger partial charge on any atom is 0.269 e. The number of hydrogen-bond donors (Lipinski definition) is 1. The van der Waals surface area contributed by atoms with Crippen molar-refractivity contribution < 1.29 is 9.59 Å². The number of nitrogens with one attached hydrogen (secondary N) is 1. The Bertz CT molecular complexity index is 1230. The summed E-state index contributed by atoms with van der Waals surface area (Å²) in [4.78, 5) is 27.7. The van der Waals surface area contributed by atoms with Crippen molar-refractivity contribution in [2.75, 3.05) is 19.6 Å². The SMILES string of the molecule is O=C(NCCc1ccccc1)[C@@H]1c2ccccc2C(=O)N(N2CCCC2)[C@H]1c1ccc(Cl)cc1Cl. The Labute approximate surface area is 215 Å². The zero-order valence-electron chi connectivity index (χ0n) is 19.3. The van der Waals surface area contributed by atoms with Crippen molar-refractivity contribution in [3.63, 3.8) is 0 Å². The molecule has 0 unspecified atom stereocenters. The molecule has 2 aliphatic heterocycles. The minimum Gasteiger partial charge on any atom is -0.355 e. The van der Waals surface area contributed by atoms with Crippen molar-refractivity contribution in [1.29, 1.82) is 0 Å². The highest BCUT2D eigenvalue weighted by atomic mass is 35.5. The molecule has 3 aromatic rings. The molecule has 0 saturated carbocycles. The fourth-order valence-corrected chi connectivity index (χ4v) is 5.69. The zero-order chi connectivity index (χ0) is 24.4. The van der Waals surface area contributed by atoms with Crippen molar-refractivity contribution in [3.05, 3.63) is 105 Å². The van der Waals surface area contributed by atoms with E-state index in [9.17, 15) is 9.59 Å². The van der Waals surface area contributed by atoms with Gasteiger partial charge in [-0.25, -0.2) is 5.01 Å². The van der Waals surface area contributed by atoms with Crippen LogP contribution in [0, 0.1) is 0 Å². The number of amides is 2. The Kier molecular flexibility index (Phi) is 7.09. The average Bonchev–Trinajstić information content (AvgIpc) is 3.39. The Hall–Kier alpha value is -2.86. The third-order valence-corrected chi connectivity index (χ3v) is 7.38. The molecular formula is C28H27Cl2N3O2. The van der Waals surface area contributed by atoms with E-state index in [0.29, 0.717) is 27.7 Å². The maximum absolute atomic E-state index is 13.8. The number of rotatable bonds is 6. The summed E-state index contributed by atoms with van der Waals surface area (Å²) in [6.07, 6.45) is 2.73. The summed E-state index contributed by atoms with van der Waals surface area (Å²) in [7, 11) is 0. The van der Waals surface area contributed by atoms with E-state index in [1.165, 1.54) is 0 Å². The van der Waals surface area contributed by atoms with Gasteiger partial charge in [0.25, 0.3) is 5.91 Å². The van der Waals surface area contributed by atoms with E-state index >= 15 is 0 Å². The predicted octanol–water partition coefficient (Wildman–Crippen LogP) is 5.64. The predicted molar refractivity (Wildman–Crippen MR) is 139 cm³/mol. The molecule has 2 atom stereocenters. The number of hydrazine groups is 1. The summed E-state index contributed by atoms with van der Waals surface area (Å²) in [5.41, 5.74) is 3.15. The van der Waals surface area contributed by atoms with Crippen LogP contribution in [0.4, 0.5) is 0 Å². The molecule has 35 heavy (non-hydrogen) atoms. The number of benzene rings is 3. The molecule has 0 aromatic heterocycles. The maximum atomic E-state index is 13.8. The molecule has 0 aliphatic carbocycles. The van der Waals surface area contributed by atoms with Gasteiger partial charge in [-0.2, -0.15) is 0 Å². The van der Waals surface area contributed by atoms with E-state index in [1.54, 1.807) is 17.1 Å². The minimum absolute atomic E-state index is 0.105. The molecule has 2 amide bonds. The molecule has 5 rings (SSSR count). The Balaban J connectivity index is 1.55. The third kappa shape index (κ3) is 4.81. The largest absolute Gasteiger partial charge is 0.355 e. The number of hydrogen-bond acceptors (Lipinski definition) is 3. The van der Waals surface area contributed by atoms with Crippen molar-refractivity contribution in [3.8, 4) is 0 Å². The molecule has 2 heterocycles. The minimum atomic E-state index is -0.612. The molecule has 7 heteroatoms. The van der Waals surface area contributed by atoms with Crippen LogP contribution in [0.25, 0.3) is 0 Å². The van der Waals surface area contributed by atoms with Gasteiger partial charge in [0.05, 0.1) is 12.0 Å². The molecule has 5 nitrogen and oxygen atoms in total. The van der Waals surface area contributed by atoms with Gasteiger partial charge >= 0.3 is 0 Å². The quantitative estimate of drug-likeness (QED) is 0.469. The first-order valence-corrected chi connectivity index (χ1v) is 12.7. The number of nitrogens with zero attached hydrogens (tertiary/aromatic N) is 2. The van der Waals surface area contributed by atoms with Crippen LogP contribution in [0.3, 0.4) is 0 Å². The summed E-state index contributed by atoms with van der Waals surface area (Å²) in [5.74, 6) is -0.841. The molecular weight excluding hydrogens is 481 g/mol. The first kappa shape index (κ1) is 23.9. The van der Waals surface area contributed by atoms with Gasteiger partial charge in [-0.3, -0.25) is 14.6 Å². The van der Waals surface area contributed by atoms with Crippen molar-refractivity contribution in [2.24, 2.45) is 0 Å². The Morgan fingerprint density at radius 2 is 1.63 bits per heavy atom. The van der Waals surface area contributed by atoms with Crippen LogP contribution in [0.1, 0.15) is 51.8 Å². The van der Waals surface area contributed by atoms with Crippen molar-refractivity contribution in [1.82, 2.24) is 15.3 Å². The molecule has 180 valence electrons. The lowest BCUT2D eigenvalue weighted by atomic mass is 9.79. The van der Waals surface area contributed by atoms with E-state index in [1.807, 2.05) is 60.7 Å². The summed E-state index contributed by atoms with van der Waals surface area (Å²) in [6, 6.07) is 22.2. The van der Waals surface area contributed by atoms with Crippen LogP contribution < -0.4 is 5.32 Å². The summed E-state index contributed by atoms with van der Waals surface area (Å²) in [6.45, 7) is 2.02. The number of fused-ring (bicyclic) bond motifs is 1. The number of halogens is 2. The summed E-state index contributed by atoms with van der Waals surface area (Å²) < 4.78 is 0. The average molecular weight is 508 g/mol. The van der Waals surface area contributed by atoms with Gasteiger partial charge in [0.15, 0.2) is 0 Å². The standard InChI is InChI=1S/C28H27Cl2N3O2/c29-20-12-13-23(24(30)18-20)26-25(27(34)31-15-14-19-8-2-1-3-9-19)21-10-4-5-11-22(21)28(35)33(26)32-16-6-7-17-32/h1-5,8-13,18,25-26H,6-7,14-17H2,(H,31,34)/t25-,26+/m1/s1. The van der Waals surface area contributed by atoms with Crippen molar-refractivity contribution >= 4 is 35.0 Å². The highest BCUT2D eigenvalue weighted by Gasteiger charge is 2.47. The highest BCUT2D eigenvalue weighted by Crippen LogP contribution is 2.46. The monoisotopic (exact) mass is 507 g/mol. The normalized spacial score (nSPS) is 20.1.